The summed E-state index contributed by atoms with van der Waals surface area (Å²) in [7, 11) is 0. The van der Waals surface area contributed by atoms with Gasteiger partial charge in [-0.25, -0.2) is 9.37 Å². The van der Waals surface area contributed by atoms with Crippen LogP contribution >= 0.6 is 0 Å². The third-order valence-corrected chi connectivity index (χ3v) is 6.52. The van der Waals surface area contributed by atoms with Gasteiger partial charge in [-0.15, -0.1) is 0 Å². The maximum absolute atomic E-state index is 13.7. The molecule has 35 heavy (non-hydrogen) atoms. The highest BCUT2D eigenvalue weighted by Gasteiger charge is 2.57. The van der Waals surface area contributed by atoms with E-state index in [9.17, 15) is 19.7 Å². The van der Waals surface area contributed by atoms with Crippen LogP contribution in [0, 0.1) is 5.82 Å². The van der Waals surface area contributed by atoms with Gasteiger partial charge in [0.05, 0.1) is 12.9 Å². The van der Waals surface area contributed by atoms with E-state index in [1.54, 1.807) is 12.1 Å². The highest BCUT2D eigenvalue weighted by molar-refractivity contribution is 5.82. The second-order valence-corrected chi connectivity index (χ2v) is 8.59. The van der Waals surface area contributed by atoms with Crippen LogP contribution in [-0.2, 0) is 10.5 Å². The third-order valence-electron chi connectivity index (χ3n) is 6.52. The van der Waals surface area contributed by atoms with Crippen molar-refractivity contribution in [1.82, 2.24) is 19.5 Å². The zero-order chi connectivity index (χ0) is 24.7. The van der Waals surface area contributed by atoms with E-state index in [1.807, 2.05) is 30.3 Å². The first-order chi connectivity index (χ1) is 16.8. The zero-order valence-corrected chi connectivity index (χ0v) is 18.6. The van der Waals surface area contributed by atoms with Gasteiger partial charge in [-0.1, -0.05) is 42.5 Å². The molecule has 1 saturated heterocycles. The number of rotatable bonds is 6. The van der Waals surface area contributed by atoms with Gasteiger partial charge in [-0.05, 0) is 23.3 Å². The van der Waals surface area contributed by atoms with Gasteiger partial charge in [0.2, 0.25) is 5.95 Å². The molecule has 0 spiro atoms. The molecule has 5 atom stereocenters. The lowest BCUT2D eigenvalue weighted by atomic mass is 9.82. The van der Waals surface area contributed by atoms with Gasteiger partial charge >= 0.3 is 0 Å². The SMILES string of the molecule is Nc1nc(N)c2ncn([C@]3(CC(c4ccccc4)c4ccc(F)cc4)O[C@H](CO)[C@@H](O)[C@H]3O)c2n1. The molecule has 182 valence electrons. The molecule has 1 unspecified atom stereocenters. The van der Waals surface area contributed by atoms with Gasteiger partial charge in [-0.3, -0.25) is 4.57 Å². The Bertz CT molecular complexity index is 1340. The molecule has 1 aliphatic rings. The van der Waals surface area contributed by atoms with Crippen LogP contribution < -0.4 is 11.5 Å². The van der Waals surface area contributed by atoms with E-state index in [0.29, 0.717) is 0 Å². The largest absolute Gasteiger partial charge is 0.394 e. The zero-order valence-electron chi connectivity index (χ0n) is 18.6. The molecule has 2 aromatic carbocycles. The summed E-state index contributed by atoms with van der Waals surface area (Å²) in [5.41, 5.74) is 12.3. The lowest BCUT2D eigenvalue weighted by Gasteiger charge is -2.37. The smallest absolute Gasteiger partial charge is 0.224 e. The van der Waals surface area contributed by atoms with Crippen LogP contribution in [0.25, 0.3) is 11.2 Å². The van der Waals surface area contributed by atoms with Gasteiger partial charge in [0.25, 0.3) is 0 Å². The lowest BCUT2D eigenvalue weighted by Crippen LogP contribution is -2.46. The van der Waals surface area contributed by atoms with Crippen molar-refractivity contribution >= 4 is 22.9 Å². The Morgan fingerprint density at radius 1 is 1.03 bits per heavy atom. The molecule has 10 nitrogen and oxygen atoms in total. The summed E-state index contributed by atoms with van der Waals surface area (Å²) in [6, 6.07) is 15.5. The quantitative estimate of drug-likeness (QED) is 0.272. The van der Waals surface area contributed by atoms with Crippen molar-refractivity contribution in [3.05, 3.63) is 77.9 Å². The van der Waals surface area contributed by atoms with Crippen molar-refractivity contribution in [2.75, 3.05) is 18.1 Å². The number of aliphatic hydroxyl groups excluding tert-OH is 3. The Kier molecular flexibility index (Phi) is 5.85. The van der Waals surface area contributed by atoms with Gasteiger partial charge in [0.1, 0.15) is 29.6 Å². The minimum absolute atomic E-state index is 0.0475. The first kappa shape index (κ1) is 23.1. The molecule has 0 radical (unpaired) electrons. The Labute approximate surface area is 199 Å². The molecule has 1 aliphatic heterocycles. The van der Waals surface area contributed by atoms with Gasteiger partial charge in [-0.2, -0.15) is 9.97 Å². The van der Waals surface area contributed by atoms with E-state index in [1.165, 1.54) is 23.0 Å². The number of ether oxygens (including phenoxy) is 1. The number of aliphatic hydroxyl groups is 3. The number of benzene rings is 2. The molecule has 3 heterocycles. The summed E-state index contributed by atoms with van der Waals surface area (Å²) in [5.74, 6) is -0.848. The third kappa shape index (κ3) is 3.88. The maximum atomic E-state index is 13.7. The minimum Gasteiger partial charge on any atom is -0.394 e. The van der Waals surface area contributed by atoms with Crippen LogP contribution in [0.5, 0.6) is 0 Å². The van der Waals surface area contributed by atoms with Crippen molar-refractivity contribution < 1.29 is 24.4 Å². The van der Waals surface area contributed by atoms with Gasteiger partial charge in [0.15, 0.2) is 17.2 Å². The Morgan fingerprint density at radius 3 is 2.37 bits per heavy atom. The van der Waals surface area contributed by atoms with Crippen molar-refractivity contribution in [1.29, 1.82) is 0 Å². The van der Waals surface area contributed by atoms with Gasteiger partial charge < -0.3 is 31.5 Å². The summed E-state index contributed by atoms with van der Waals surface area (Å²) >= 11 is 0. The molecule has 4 aromatic rings. The number of aromatic nitrogens is 4. The first-order valence-electron chi connectivity index (χ1n) is 11.1. The molecular formula is C24H25FN6O4. The molecule has 5 rings (SSSR count). The van der Waals surface area contributed by atoms with E-state index in [0.717, 1.165) is 11.1 Å². The van der Waals surface area contributed by atoms with Gasteiger partial charge in [0, 0.05) is 12.3 Å². The normalized spacial score (nSPS) is 25.2. The fourth-order valence-corrected chi connectivity index (χ4v) is 4.80. The first-order valence-corrected chi connectivity index (χ1v) is 11.1. The number of nitrogen functional groups attached to an aromatic ring is 2. The molecule has 11 heteroatoms. The molecule has 0 amide bonds. The average molecular weight is 481 g/mol. The molecule has 0 aliphatic carbocycles. The van der Waals surface area contributed by atoms with Crippen molar-refractivity contribution in [2.24, 2.45) is 0 Å². The van der Waals surface area contributed by atoms with Crippen molar-refractivity contribution in [3.63, 3.8) is 0 Å². The number of imidazole rings is 1. The summed E-state index contributed by atoms with van der Waals surface area (Å²) in [4.78, 5) is 12.5. The molecule has 0 saturated carbocycles. The summed E-state index contributed by atoms with van der Waals surface area (Å²) in [5, 5.41) is 32.0. The fourth-order valence-electron chi connectivity index (χ4n) is 4.80. The number of hydrogen-bond acceptors (Lipinski definition) is 9. The monoisotopic (exact) mass is 480 g/mol. The minimum atomic E-state index is -1.64. The predicted molar refractivity (Wildman–Crippen MR) is 125 cm³/mol. The van der Waals surface area contributed by atoms with Crippen LogP contribution in [0.2, 0.25) is 0 Å². The maximum Gasteiger partial charge on any atom is 0.224 e. The molecular weight excluding hydrogens is 455 g/mol. The number of nitrogens with zero attached hydrogens (tertiary/aromatic N) is 4. The summed E-state index contributed by atoms with van der Waals surface area (Å²) in [6.45, 7) is -0.529. The fraction of sp³-hybridized carbons (Fsp3) is 0.292. The van der Waals surface area contributed by atoms with Crippen LogP contribution in [0.1, 0.15) is 23.5 Å². The number of anilines is 2. The Balaban J connectivity index is 1.71. The lowest BCUT2D eigenvalue weighted by molar-refractivity contribution is -0.152. The van der Waals surface area contributed by atoms with Crippen LogP contribution in [-0.4, -0.2) is 59.8 Å². The second kappa shape index (κ2) is 8.86. The Hall–Kier alpha value is -3.64. The predicted octanol–water partition coefficient (Wildman–Crippen LogP) is 1.12. The van der Waals surface area contributed by atoms with E-state index < -0.39 is 36.6 Å². The standard InChI is InChI=1S/C24H25FN6O4/c25-15-8-6-14(7-9-15)16(13-4-2-1-3-5-13)10-24(20(34)19(33)17(11-32)35-24)31-12-28-18-21(26)29-23(27)30-22(18)31/h1-9,12,16-17,19-20,32-34H,10-11H2,(H4,26,27,29,30)/t16?,17-,19-,20-,24-/m1/s1. The summed E-state index contributed by atoms with van der Waals surface area (Å²) < 4.78 is 21.4. The number of nitrogens with two attached hydrogens (primary N) is 2. The number of halogens is 1. The van der Waals surface area contributed by atoms with Crippen LogP contribution in [0.15, 0.2) is 60.9 Å². The van der Waals surface area contributed by atoms with Crippen LogP contribution in [0.3, 0.4) is 0 Å². The Morgan fingerprint density at radius 2 is 1.71 bits per heavy atom. The van der Waals surface area contributed by atoms with E-state index >= 15 is 0 Å². The second-order valence-electron chi connectivity index (χ2n) is 8.59. The topological polar surface area (TPSA) is 166 Å². The molecule has 2 aromatic heterocycles. The van der Waals surface area contributed by atoms with E-state index in [-0.39, 0.29) is 35.2 Å². The van der Waals surface area contributed by atoms with E-state index in [2.05, 4.69) is 15.0 Å². The molecule has 0 bridgehead atoms. The molecule has 1 fully saturated rings. The van der Waals surface area contributed by atoms with E-state index in [4.69, 9.17) is 16.2 Å². The number of hydrogen-bond donors (Lipinski definition) is 5. The molecule has 7 N–H and O–H groups in total. The van der Waals surface area contributed by atoms with Crippen molar-refractivity contribution in [2.45, 2.75) is 36.4 Å². The van der Waals surface area contributed by atoms with Crippen LogP contribution in [0.4, 0.5) is 16.2 Å². The summed E-state index contributed by atoms with van der Waals surface area (Å²) in [6.07, 6.45) is -2.51. The highest BCUT2D eigenvalue weighted by Crippen LogP contribution is 2.46. The highest BCUT2D eigenvalue weighted by atomic mass is 19.1. The van der Waals surface area contributed by atoms with Crippen molar-refractivity contribution in [3.8, 4) is 0 Å². The average Bonchev–Trinajstić information content (AvgIpc) is 3.39. The number of fused-ring (bicyclic) bond motifs is 1.